The largest absolute Gasteiger partial charge is 0.311 e. The Morgan fingerprint density at radius 3 is 2.56 bits per heavy atom. The molecule has 2 nitrogen and oxygen atoms in total. The van der Waals surface area contributed by atoms with Gasteiger partial charge in [-0.1, -0.05) is 6.58 Å². The van der Waals surface area contributed by atoms with Crippen LogP contribution in [0, 0.1) is 0 Å². The summed E-state index contributed by atoms with van der Waals surface area (Å²) in [4.78, 5) is 3.85. The van der Waals surface area contributed by atoms with Gasteiger partial charge in [-0.3, -0.25) is 0 Å². The molecule has 50 valence electrons. The van der Waals surface area contributed by atoms with Crippen LogP contribution in [0.1, 0.15) is 6.92 Å². The third-order valence-corrected chi connectivity index (χ3v) is 0.945. The molecule has 3 heteroatoms. The van der Waals surface area contributed by atoms with Crippen LogP contribution in [0.4, 0.5) is 0 Å². The standard InChI is InChI=1S/C6H8N2.BrH/c1-6(2)8-4-3-7-5-8;/h3-5H,1H2,2H3;1H. The fourth-order valence-electron chi connectivity index (χ4n) is 0.485. The minimum atomic E-state index is 0. The van der Waals surface area contributed by atoms with E-state index in [1.54, 1.807) is 12.5 Å². The van der Waals surface area contributed by atoms with E-state index in [2.05, 4.69) is 11.6 Å². The Labute approximate surface area is 65.0 Å². The van der Waals surface area contributed by atoms with Gasteiger partial charge in [0, 0.05) is 18.1 Å². The quantitative estimate of drug-likeness (QED) is 0.660. The van der Waals surface area contributed by atoms with Crippen LogP contribution >= 0.6 is 17.0 Å². The number of halogens is 1. The highest BCUT2D eigenvalue weighted by atomic mass is 79.9. The predicted octanol–water partition coefficient (Wildman–Crippen LogP) is 1.95. The van der Waals surface area contributed by atoms with Crippen molar-refractivity contribution in [3.63, 3.8) is 0 Å². The molecule has 0 aromatic carbocycles. The molecule has 0 atom stereocenters. The average Bonchev–Trinajstić information content (AvgIpc) is 2.12. The molecule has 0 unspecified atom stereocenters. The zero-order valence-electron chi connectivity index (χ0n) is 5.24. The van der Waals surface area contributed by atoms with Crippen LogP contribution in [0.2, 0.25) is 0 Å². The Kier molecular flexibility index (Phi) is 3.24. The van der Waals surface area contributed by atoms with E-state index in [4.69, 9.17) is 0 Å². The van der Waals surface area contributed by atoms with Gasteiger partial charge in [-0.25, -0.2) is 4.98 Å². The van der Waals surface area contributed by atoms with Gasteiger partial charge < -0.3 is 4.57 Å². The van der Waals surface area contributed by atoms with Gasteiger partial charge in [-0.15, -0.1) is 17.0 Å². The molecule has 0 aliphatic heterocycles. The number of hydrogen-bond donors (Lipinski definition) is 0. The van der Waals surface area contributed by atoms with Gasteiger partial charge in [0.15, 0.2) is 0 Å². The molecule has 1 heterocycles. The number of imidazole rings is 1. The van der Waals surface area contributed by atoms with E-state index in [1.807, 2.05) is 17.7 Å². The van der Waals surface area contributed by atoms with Crippen LogP contribution in [0.5, 0.6) is 0 Å². The number of allylic oxidation sites excluding steroid dienone is 1. The summed E-state index contributed by atoms with van der Waals surface area (Å²) in [6, 6.07) is 0. The molecule has 0 saturated carbocycles. The smallest absolute Gasteiger partial charge is 0.0988 e. The summed E-state index contributed by atoms with van der Waals surface area (Å²) in [5.41, 5.74) is 0.988. The Hall–Kier alpha value is -0.570. The van der Waals surface area contributed by atoms with E-state index in [1.165, 1.54) is 0 Å². The third-order valence-electron chi connectivity index (χ3n) is 0.945. The van der Waals surface area contributed by atoms with Crippen molar-refractivity contribution >= 4 is 22.7 Å². The third kappa shape index (κ3) is 2.01. The summed E-state index contributed by atoms with van der Waals surface area (Å²) >= 11 is 0. The molecule has 0 bridgehead atoms. The maximum absolute atomic E-state index is 3.85. The van der Waals surface area contributed by atoms with E-state index >= 15 is 0 Å². The molecule has 1 aromatic heterocycles. The van der Waals surface area contributed by atoms with Gasteiger partial charge >= 0.3 is 0 Å². The van der Waals surface area contributed by atoms with Gasteiger partial charge in [0.1, 0.15) is 0 Å². The Morgan fingerprint density at radius 1 is 1.67 bits per heavy atom. The van der Waals surface area contributed by atoms with E-state index < -0.39 is 0 Å². The summed E-state index contributed by atoms with van der Waals surface area (Å²) in [5, 5.41) is 0. The number of aromatic nitrogens is 2. The summed E-state index contributed by atoms with van der Waals surface area (Å²) < 4.78 is 1.86. The molecule has 0 radical (unpaired) electrons. The lowest BCUT2D eigenvalue weighted by Gasteiger charge is -1.94. The van der Waals surface area contributed by atoms with Crippen molar-refractivity contribution in [2.45, 2.75) is 6.92 Å². The molecular formula is C6H9BrN2. The van der Waals surface area contributed by atoms with Crippen molar-refractivity contribution in [3.05, 3.63) is 25.3 Å². The molecule has 0 fully saturated rings. The maximum Gasteiger partial charge on any atom is 0.0988 e. The molecule has 9 heavy (non-hydrogen) atoms. The van der Waals surface area contributed by atoms with Gasteiger partial charge in [0.2, 0.25) is 0 Å². The fourth-order valence-corrected chi connectivity index (χ4v) is 0.485. The second kappa shape index (κ2) is 3.45. The van der Waals surface area contributed by atoms with Crippen molar-refractivity contribution in [1.82, 2.24) is 9.55 Å². The lowest BCUT2D eigenvalue weighted by Crippen LogP contribution is -1.84. The van der Waals surface area contributed by atoms with E-state index in [0.717, 1.165) is 5.70 Å². The second-order valence-electron chi connectivity index (χ2n) is 1.71. The first-order chi connectivity index (χ1) is 3.80. The molecule has 0 saturated heterocycles. The van der Waals surface area contributed by atoms with Crippen molar-refractivity contribution in [1.29, 1.82) is 0 Å². The highest BCUT2D eigenvalue weighted by molar-refractivity contribution is 8.93. The van der Waals surface area contributed by atoms with E-state index in [9.17, 15) is 0 Å². The number of rotatable bonds is 1. The summed E-state index contributed by atoms with van der Waals surface area (Å²) in [6.45, 7) is 5.65. The highest BCUT2D eigenvalue weighted by Gasteiger charge is 1.83. The van der Waals surface area contributed by atoms with Crippen molar-refractivity contribution in [3.8, 4) is 0 Å². The number of hydrogen-bond acceptors (Lipinski definition) is 1. The Balaban J connectivity index is 0.000000640. The van der Waals surface area contributed by atoms with Crippen LogP contribution < -0.4 is 0 Å². The van der Waals surface area contributed by atoms with Crippen LogP contribution in [-0.2, 0) is 0 Å². The van der Waals surface area contributed by atoms with Crippen LogP contribution in [0.3, 0.4) is 0 Å². The van der Waals surface area contributed by atoms with E-state index in [0.29, 0.717) is 0 Å². The summed E-state index contributed by atoms with van der Waals surface area (Å²) in [6.07, 6.45) is 5.32. The molecule has 0 N–H and O–H groups in total. The zero-order chi connectivity index (χ0) is 5.98. The van der Waals surface area contributed by atoms with Gasteiger partial charge in [0.25, 0.3) is 0 Å². The normalized spacial score (nSPS) is 8.11. The van der Waals surface area contributed by atoms with Gasteiger partial charge in [-0.05, 0) is 6.92 Å². The maximum atomic E-state index is 3.85. The molecule has 0 aliphatic rings. The highest BCUT2D eigenvalue weighted by Crippen LogP contribution is 1.95. The molecular weight excluding hydrogens is 180 g/mol. The van der Waals surface area contributed by atoms with Crippen molar-refractivity contribution < 1.29 is 0 Å². The first-order valence-corrected chi connectivity index (χ1v) is 2.44. The fraction of sp³-hybridized carbons (Fsp3) is 0.167. The lowest BCUT2D eigenvalue weighted by atomic mass is 10.6. The SMILES string of the molecule is Br.C=C(C)n1ccnc1. The Morgan fingerprint density at radius 2 is 2.33 bits per heavy atom. The number of nitrogens with zero attached hydrogens (tertiary/aromatic N) is 2. The molecule has 0 amide bonds. The van der Waals surface area contributed by atoms with Crippen LogP contribution in [0.15, 0.2) is 25.3 Å². The van der Waals surface area contributed by atoms with Gasteiger partial charge in [0.05, 0.1) is 6.33 Å². The average molecular weight is 189 g/mol. The zero-order valence-corrected chi connectivity index (χ0v) is 6.95. The minimum Gasteiger partial charge on any atom is -0.311 e. The topological polar surface area (TPSA) is 17.8 Å². The van der Waals surface area contributed by atoms with Crippen LogP contribution in [0.25, 0.3) is 5.70 Å². The predicted molar refractivity (Wildman–Crippen MR) is 43.6 cm³/mol. The molecule has 0 spiro atoms. The molecule has 1 aromatic rings. The Bertz CT molecular complexity index is 179. The second-order valence-corrected chi connectivity index (χ2v) is 1.71. The molecule has 0 aliphatic carbocycles. The monoisotopic (exact) mass is 188 g/mol. The van der Waals surface area contributed by atoms with Crippen molar-refractivity contribution in [2.75, 3.05) is 0 Å². The minimum absolute atomic E-state index is 0. The molecule has 1 rings (SSSR count). The van der Waals surface area contributed by atoms with Gasteiger partial charge in [-0.2, -0.15) is 0 Å². The van der Waals surface area contributed by atoms with Crippen molar-refractivity contribution in [2.24, 2.45) is 0 Å². The van der Waals surface area contributed by atoms with Crippen LogP contribution in [-0.4, -0.2) is 9.55 Å². The first-order valence-electron chi connectivity index (χ1n) is 2.44. The lowest BCUT2D eigenvalue weighted by molar-refractivity contribution is 1.08. The summed E-state index contributed by atoms with van der Waals surface area (Å²) in [7, 11) is 0. The first kappa shape index (κ1) is 8.43. The summed E-state index contributed by atoms with van der Waals surface area (Å²) in [5.74, 6) is 0. The van der Waals surface area contributed by atoms with E-state index in [-0.39, 0.29) is 17.0 Å².